The fourth-order valence-electron chi connectivity index (χ4n) is 2.67. The van der Waals surface area contributed by atoms with E-state index in [1.54, 1.807) is 17.0 Å². The molecule has 0 radical (unpaired) electrons. The summed E-state index contributed by atoms with van der Waals surface area (Å²) in [6.45, 7) is 1.51. The van der Waals surface area contributed by atoms with Crippen LogP contribution in [-0.4, -0.2) is 50.6 Å². The van der Waals surface area contributed by atoms with Gasteiger partial charge in [0.1, 0.15) is 6.54 Å². The monoisotopic (exact) mass is 420 g/mol. The van der Waals surface area contributed by atoms with Gasteiger partial charge in [0.15, 0.2) is 0 Å². The molecule has 0 saturated heterocycles. The highest BCUT2D eigenvalue weighted by Crippen LogP contribution is 2.16. The summed E-state index contributed by atoms with van der Waals surface area (Å²) in [6.07, 6.45) is 0.771. The Balaban J connectivity index is 0.00000280. The number of hydrogen-bond acceptors (Lipinski definition) is 5. The predicted molar refractivity (Wildman–Crippen MR) is 111 cm³/mol. The maximum Gasteiger partial charge on any atom is 0.246 e. The molecule has 0 aliphatic carbocycles. The maximum atomic E-state index is 12.6. The number of nitrogens with zero attached hydrogens (tertiary/aromatic N) is 5. The van der Waals surface area contributed by atoms with Gasteiger partial charge in [-0.3, -0.25) is 4.79 Å². The zero-order chi connectivity index (χ0) is 19.1. The van der Waals surface area contributed by atoms with Crippen LogP contribution in [0.4, 0.5) is 0 Å². The van der Waals surface area contributed by atoms with Crippen LogP contribution in [0, 0.1) is 0 Å². The van der Waals surface area contributed by atoms with Crippen LogP contribution in [0.2, 0.25) is 5.02 Å². The normalized spacial score (nSPS) is 10.4. The first-order chi connectivity index (χ1) is 13.2. The molecule has 0 fully saturated rings. The molecule has 0 saturated carbocycles. The number of rotatable bonds is 8. The molecule has 28 heavy (non-hydrogen) atoms. The van der Waals surface area contributed by atoms with Crippen molar-refractivity contribution in [1.82, 2.24) is 25.1 Å². The average molecular weight is 421 g/mol. The van der Waals surface area contributed by atoms with Gasteiger partial charge in [-0.25, -0.2) is 0 Å². The van der Waals surface area contributed by atoms with Gasteiger partial charge in [0.05, 0.1) is 0 Å². The van der Waals surface area contributed by atoms with Crippen LogP contribution >= 0.6 is 24.0 Å². The van der Waals surface area contributed by atoms with E-state index in [0.717, 1.165) is 12.0 Å². The topological polar surface area (TPSA) is 89.9 Å². The molecule has 0 aliphatic rings. The zero-order valence-corrected chi connectivity index (χ0v) is 16.8. The maximum absolute atomic E-state index is 12.6. The van der Waals surface area contributed by atoms with Crippen molar-refractivity contribution >= 4 is 29.9 Å². The van der Waals surface area contributed by atoms with E-state index < -0.39 is 0 Å². The molecule has 0 bridgehead atoms. The second kappa shape index (κ2) is 10.8. The average Bonchev–Trinajstić information content (AvgIpc) is 3.15. The minimum Gasteiger partial charge on any atom is -0.339 e. The number of carbonyl (C=O) groups excluding carboxylic acids is 1. The van der Waals surface area contributed by atoms with Gasteiger partial charge in [0.25, 0.3) is 0 Å². The van der Waals surface area contributed by atoms with E-state index in [1.165, 1.54) is 10.4 Å². The lowest BCUT2D eigenvalue weighted by Gasteiger charge is -2.21. The third-order valence-electron chi connectivity index (χ3n) is 4.10. The number of aromatic nitrogens is 4. The van der Waals surface area contributed by atoms with Gasteiger partial charge in [-0.2, -0.15) is 4.80 Å². The summed E-state index contributed by atoms with van der Waals surface area (Å²) in [7, 11) is 0. The first kappa shape index (κ1) is 21.8. The van der Waals surface area contributed by atoms with Gasteiger partial charge in [0, 0.05) is 30.2 Å². The minimum absolute atomic E-state index is 0. The number of benzene rings is 2. The van der Waals surface area contributed by atoms with E-state index in [4.69, 9.17) is 17.3 Å². The van der Waals surface area contributed by atoms with Crippen LogP contribution in [0.25, 0.3) is 11.4 Å². The fourth-order valence-corrected chi connectivity index (χ4v) is 2.80. The molecular weight excluding hydrogens is 399 g/mol. The molecule has 1 amide bonds. The highest BCUT2D eigenvalue weighted by molar-refractivity contribution is 6.30. The molecule has 148 valence electrons. The van der Waals surface area contributed by atoms with Crippen LogP contribution in [0.15, 0.2) is 54.6 Å². The molecule has 0 atom stereocenters. The summed E-state index contributed by atoms with van der Waals surface area (Å²) in [5.74, 6) is 0.366. The molecule has 3 aromatic rings. The summed E-state index contributed by atoms with van der Waals surface area (Å²) in [6, 6.07) is 17.2. The molecule has 9 heteroatoms. The Labute approximate surface area is 174 Å². The molecule has 0 spiro atoms. The van der Waals surface area contributed by atoms with E-state index in [1.807, 2.05) is 42.5 Å². The van der Waals surface area contributed by atoms with Crippen molar-refractivity contribution in [1.29, 1.82) is 0 Å². The molecule has 1 heterocycles. The first-order valence-corrected chi connectivity index (χ1v) is 9.09. The molecular formula is C19H22Cl2N6O. The van der Waals surface area contributed by atoms with Gasteiger partial charge in [-0.15, -0.1) is 22.6 Å². The zero-order valence-electron chi connectivity index (χ0n) is 15.2. The van der Waals surface area contributed by atoms with Gasteiger partial charge >= 0.3 is 0 Å². The van der Waals surface area contributed by atoms with E-state index in [-0.39, 0.29) is 24.9 Å². The number of amides is 1. The first-order valence-electron chi connectivity index (χ1n) is 8.71. The Bertz CT molecular complexity index is 870. The Morgan fingerprint density at radius 3 is 2.46 bits per heavy atom. The Hall–Kier alpha value is -2.48. The van der Waals surface area contributed by atoms with E-state index in [2.05, 4.69) is 15.4 Å². The van der Waals surface area contributed by atoms with E-state index in [9.17, 15) is 4.79 Å². The van der Waals surface area contributed by atoms with Crippen LogP contribution < -0.4 is 5.73 Å². The lowest BCUT2D eigenvalue weighted by molar-refractivity contribution is -0.132. The summed E-state index contributed by atoms with van der Waals surface area (Å²) >= 11 is 5.89. The van der Waals surface area contributed by atoms with Gasteiger partial charge in [-0.1, -0.05) is 41.9 Å². The molecule has 0 unspecified atom stereocenters. The Morgan fingerprint density at radius 1 is 1.07 bits per heavy atom. The van der Waals surface area contributed by atoms with E-state index >= 15 is 0 Å². The lowest BCUT2D eigenvalue weighted by atomic mass is 10.1. The third-order valence-corrected chi connectivity index (χ3v) is 4.35. The summed E-state index contributed by atoms with van der Waals surface area (Å²) in [5.41, 5.74) is 7.64. The number of hydrogen-bond donors (Lipinski definition) is 1. The van der Waals surface area contributed by atoms with Gasteiger partial charge < -0.3 is 10.6 Å². The lowest BCUT2D eigenvalue weighted by Crippen LogP contribution is -2.39. The van der Waals surface area contributed by atoms with Crippen LogP contribution in [0.3, 0.4) is 0 Å². The summed E-state index contributed by atoms with van der Waals surface area (Å²) < 4.78 is 0. The Kier molecular flexibility index (Phi) is 8.38. The van der Waals surface area contributed by atoms with Crippen molar-refractivity contribution in [2.75, 3.05) is 19.6 Å². The van der Waals surface area contributed by atoms with Crippen molar-refractivity contribution in [3.8, 4) is 11.4 Å². The summed E-state index contributed by atoms with van der Waals surface area (Å²) in [4.78, 5) is 15.7. The molecule has 1 aromatic heterocycles. The number of carbonyl (C=O) groups is 1. The van der Waals surface area contributed by atoms with Crippen molar-refractivity contribution < 1.29 is 4.79 Å². The standard InChI is InChI=1S/C19H21ClN6O.ClH/c20-17-8-6-16(7-9-17)19-22-24-26(23-19)14-18(27)25(13-11-21)12-10-15-4-2-1-3-5-15;/h1-9H,10-14,21H2;1H. The second-order valence-electron chi connectivity index (χ2n) is 6.06. The third kappa shape index (κ3) is 6.02. The molecule has 3 rings (SSSR count). The molecule has 0 aliphatic heterocycles. The van der Waals surface area contributed by atoms with Crippen LogP contribution in [-0.2, 0) is 17.8 Å². The van der Waals surface area contributed by atoms with Crippen molar-refractivity contribution in [2.24, 2.45) is 5.73 Å². The highest BCUT2D eigenvalue weighted by atomic mass is 35.5. The quantitative estimate of drug-likeness (QED) is 0.604. The largest absolute Gasteiger partial charge is 0.339 e. The van der Waals surface area contributed by atoms with Gasteiger partial charge in [-0.05, 0) is 41.5 Å². The smallest absolute Gasteiger partial charge is 0.246 e. The van der Waals surface area contributed by atoms with Gasteiger partial charge in [0.2, 0.25) is 11.7 Å². The Morgan fingerprint density at radius 2 is 1.79 bits per heavy atom. The van der Waals surface area contributed by atoms with Crippen LogP contribution in [0.1, 0.15) is 5.56 Å². The fraction of sp³-hybridized carbons (Fsp3) is 0.263. The summed E-state index contributed by atoms with van der Waals surface area (Å²) in [5, 5.41) is 12.9. The van der Waals surface area contributed by atoms with Crippen molar-refractivity contribution in [3.05, 3.63) is 65.2 Å². The number of nitrogens with two attached hydrogens (primary N) is 1. The SMILES string of the molecule is Cl.NCCN(CCc1ccccc1)C(=O)Cn1nnc(-c2ccc(Cl)cc2)n1. The van der Waals surface area contributed by atoms with Crippen molar-refractivity contribution in [3.63, 3.8) is 0 Å². The van der Waals surface area contributed by atoms with Crippen LogP contribution in [0.5, 0.6) is 0 Å². The molecule has 2 aromatic carbocycles. The molecule has 2 N–H and O–H groups in total. The van der Waals surface area contributed by atoms with Crippen molar-refractivity contribution in [2.45, 2.75) is 13.0 Å². The second-order valence-corrected chi connectivity index (χ2v) is 6.49. The molecule has 7 nitrogen and oxygen atoms in total. The highest BCUT2D eigenvalue weighted by Gasteiger charge is 2.16. The van der Waals surface area contributed by atoms with E-state index in [0.29, 0.717) is 30.5 Å². The predicted octanol–water partition coefficient (Wildman–Crippen LogP) is 2.45. The number of halogens is 2. The number of tetrazole rings is 1. The minimum atomic E-state index is -0.0866.